The maximum atomic E-state index is 11.8. The van der Waals surface area contributed by atoms with E-state index >= 15 is 0 Å². The number of nitrogens with one attached hydrogen (secondary N) is 1. The number of rotatable bonds is 7. The van der Waals surface area contributed by atoms with E-state index in [9.17, 15) is 4.79 Å². The van der Waals surface area contributed by atoms with Gasteiger partial charge in [-0.15, -0.1) is 11.6 Å². The molecule has 1 N–H and O–H groups in total. The van der Waals surface area contributed by atoms with E-state index in [1.54, 1.807) is 6.92 Å². The number of carbonyl (C=O) groups is 1. The molecule has 5 heteroatoms. The Bertz CT molecular complexity index is 346. The average molecular weight is 259 g/mol. The van der Waals surface area contributed by atoms with Crippen molar-refractivity contribution in [3.8, 4) is 0 Å². The smallest absolute Gasteiger partial charge is 0.256 e. The monoisotopic (exact) mass is 258 g/mol. The molecule has 1 amide bonds. The zero-order valence-electron chi connectivity index (χ0n) is 10.3. The summed E-state index contributed by atoms with van der Waals surface area (Å²) in [5.41, 5.74) is 0.506. The molecule has 1 rings (SSSR count). The van der Waals surface area contributed by atoms with Crippen LogP contribution in [0, 0.1) is 12.8 Å². The highest BCUT2D eigenvalue weighted by Crippen LogP contribution is 2.12. The molecule has 0 saturated carbocycles. The molecule has 0 bridgehead atoms. The molecule has 0 radical (unpaired) electrons. The van der Waals surface area contributed by atoms with E-state index in [4.69, 9.17) is 16.1 Å². The molecule has 1 aromatic heterocycles. The van der Waals surface area contributed by atoms with Crippen LogP contribution in [0.15, 0.2) is 10.7 Å². The van der Waals surface area contributed by atoms with Gasteiger partial charge in [-0.1, -0.05) is 18.5 Å². The Morgan fingerprint density at radius 3 is 2.88 bits per heavy atom. The number of nitrogens with zero attached hydrogens (tertiary/aromatic N) is 1. The molecular weight excluding hydrogens is 240 g/mol. The zero-order chi connectivity index (χ0) is 12.7. The van der Waals surface area contributed by atoms with Gasteiger partial charge in [0.05, 0.1) is 6.20 Å². The van der Waals surface area contributed by atoms with Gasteiger partial charge >= 0.3 is 0 Å². The molecule has 0 saturated heterocycles. The van der Waals surface area contributed by atoms with Crippen molar-refractivity contribution in [3.05, 3.63) is 17.5 Å². The lowest BCUT2D eigenvalue weighted by Crippen LogP contribution is -2.29. The summed E-state index contributed by atoms with van der Waals surface area (Å²) in [6, 6.07) is 0. The lowest BCUT2D eigenvalue weighted by Gasteiger charge is -2.15. The van der Waals surface area contributed by atoms with Crippen LogP contribution in [0.3, 0.4) is 0 Å². The van der Waals surface area contributed by atoms with Gasteiger partial charge in [0.15, 0.2) is 0 Å². The number of aryl methyl sites for hydroxylation is 1. The van der Waals surface area contributed by atoms with Crippen molar-refractivity contribution in [1.29, 1.82) is 0 Å². The fraction of sp³-hybridized carbons (Fsp3) is 0.667. The fourth-order valence-corrected chi connectivity index (χ4v) is 2.07. The molecule has 96 valence electrons. The van der Waals surface area contributed by atoms with Gasteiger partial charge in [-0.2, -0.15) is 0 Å². The van der Waals surface area contributed by atoms with Crippen LogP contribution in [0.4, 0.5) is 0 Å². The highest BCUT2D eigenvalue weighted by Gasteiger charge is 2.14. The first-order valence-electron chi connectivity index (χ1n) is 5.94. The molecule has 0 fully saturated rings. The third-order valence-corrected chi connectivity index (χ3v) is 2.98. The normalized spacial score (nSPS) is 12.4. The summed E-state index contributed by atoms with van der Waals surface area (Å²) in [6.07, 6.45) is 4.55. The van der Waals surface area contributed by atoms with Crippen LogP contribution in [0.25, 0.3) is 0 Å². The first kappa shape index (κ1) is 14.0. The average Bonchev–Trinajstić information content (AvgIpc) is 2.72. The second kappa shape index (κ2) is 7.33. The summed E-state index contributed by atoms with van der Waals surface area (Å²) in [4.78, 5) is 11.8. The first-order chi connectivity index (χ1) is 8.19. The second-order valence-electron chi connectivity index (χ2n) is 4.14. The molecule has 0 aliphatic rings. The number of alkyl halides is 1. The third-order valence-electron chi connectivity index (χ3n) is 2.76. The van der Waals surface area contributed by atoms with Crippen molar-refractivity contribution in [3.63, 3.8) is 0 Å². The SMILES string of the molecule is CCCC(CCCl)CNC(=O)c1cnoc1C. The van der Waals surface area contributed by atoms with Crippen LogP contribution in [0.2, 0.25) is 0 Å². The topological polar surface area (TPSA) is 55.1 Å². The van der Waals surface area contributed by atoms with Crippen LogP contribution < -0.4 is 5.32 Å². The van der Waals surface area contributed by atoms with Crippen molar-refractivity contribution < 1.29 is 9.32 Å². The maximum Gasteiger partial charge on any atom is 0.256 e. The summed E-state index contributed by atoms with van der Waals surface area (Å²) in [5.74, 6) is 1.50. The highest BCUT2D eigenvalue weighted by molar-refractivity contribution is 6.17. The molecule has 1 atom stereocenters. The number of amides is 1. The van der Waals surface area contributed by atoms with Gasteiger partial charge in [0, 0.05) is 12.4 Å². The van der Waals surface area contributed by atoms with Crippen LogP contribution in [-0.2, 0) is 0 Å². The van der Waals surface area contributed by atoms with Gasteiger partial charge in [0.2, 0.25) is 0 Å². The van der Waals surface area contributed by atoms with E-state index < -0.39 is 0 Å². The molecule has 4 nitrogen and oxygen atoms in total. The Hall–Kier alpha value is -1.03. The summed E-state index contributed by atoms with van der Waals surface area (Å²) < 4.78 is 4.86. The largest absolute Gasteiger partial charge is 0.361 e. The minimum absolute atomic E-state index is 0.126. The molecule has 17 heavy (non-hydrogen) atoms. The van der Waals surface area contributed by atoms with Crippen molar-refractivity contribution in [2.45, 2.75) is 33.1 Å². The molecule has 1 aromatic rings. The van der Waals surface area contributed by atoms with E-state index in [0.717, 1.165) is 19.3 Å². The Morgan fingerprint density at radius 1 is 1.59 bits per heavy atom. The van der Waals surface area contributed by atoms with Crippen LogP contribution in [0.5, 0.6) is 0 Å². The third kappa shape index (κ3) is 4.38. The number of halogens is 1. The van der Waals surface area contributed by atoms with Crippen molar-refractivity contribution in [1.82, 2.24) is 10.5 Å². The lowest BCUT2D eigenvalue weighted by molar-refractivity contribution is 0.0944. The number of carbonyl (C=O) groups excluding carboxylic acids is 1. The molecule has 0 spiro atoms. The number of hydrogen-bond acceptors (Lipinski definition) is 3. The van der Waals surface area contributed by atoms with Gasteiger partial charge in [-0.3, -0.25) is 4.79 Å². The summed E-state index contributed by atoms with van der Waals surface area (Å²) in [7, 11) is 0. The van der Waals surface area contributed by atoms with Crippen LogP contribution in [0.1, 0.15) is 42.3 Å². The lowest BCUT2D eigenvalue weighted by atomic mass is 10.0. The fourth-order valence-electron chi connectivity index (χ4n) is 1.76. The van der Waals surface area contributed by atoms with Gasteiger partial charge in [0.25, 0.3) is 5.91 Å². The van der Waals surface area contributed by atoms with Gasteiger partial charge in [-0.05, 0) is 25.7 Å². The molecular formula is C12H19ClN2O2. The van der Waals surface area contributed by atoms with Crippen molar-refractivity contribution >= 4 is 17.5 Å². The quantitative estimate of drug-likeness (QED) is 0.765. The molecule has 0 aliphatic carbocycles. The zero-order valence-corrected chi connectivity index (χ0v) is 11.1. The Morgan fingerprint density at radius 2 is 2.35 bits per heavy atom. The standard InChI is InChI=1S/C12H19ClN2O2/c1-3-4-10(5-6-13)7-14-12(16)11-8-15-17-9(11)2/h8,10H,3-7H2,1-2H3,(H,14,16). The van der Waals surface area contributed by atoms with E-state index in [-0.39, 0.29) is 5.91 Å². The van der Waals surface area contributed by atoms with Gasteiger partial charge in [0.1, 0.15) is 11.3 Å². The van der Waals surface area contributed by atoms with E-state index in [2.05, 4.69) is 17.4 Å². The second-order valence-corrected chi connectivity index (χ2v) is 4.52. The van der Waals surface area contributed by atoms with Crippen LogP contribution >= 0.6 is 11.6 Å². The summed E-state index contributed by atoms with van der Waals surface area (Å²) in [6.45, 7) is 4.52. The summed E-state index contributed by atoms with van der Waals surface area (Å²) >= 11 is 5.73. The number of aromatic nitrogens is 1. The first-order valence-corrected chi connectivity index (χ1v) is 6.47. The van der Waals surface area contributed by atoms with E-state index in [1.807, 2.05) is 0 Å². The molecule has 0 aromatic carbocycles. The molecule has 0 aliphatic heterocycles. The van der Waals surface area contributed by atoms with Crippen LogP contribution in [-0.4, -0.2) is 23.5 Å². The Kier molecular flexibility index (Phi) is 6.05. The Balaban J connectivity index is 2.43. The Labute approximate surface area is 107 Å². The number of hydrogen-bond donors (Lipinski definition) is 1. The van der Waals surface area contributed by atoms with Gasteiger partial charge in [-0.25, -0.2) is 0 Å². The minimum atomic E-state index is -0.126. The minimum Gasteiger partial charge on any atom is -0.361 e. The molecule has 1 unspecified atom stereocenters. The van der Waals surface area contributed by atoms with Gasteiger partial charge < -0.3 is 9.84 Å². The van der Waals surface area contributed by atoms with E-state index in [1.165, 1.54) is 6.20 Å². The predicted molar refractivity (Wildman–Crippen MR) is 67.3 cm³/mol. The van der Waals surface area contributed by atoms with Crippen molar-refractivity contribution in [2.24, 2.45) is 5.92 Å². The molecule has 1 heterocycles. The highest BCUT2D eigenvalue weighted by atomic mass is 35.5. The summed E-state index contributed by atoms with van der Waals surface area (Å²) in [5, 5.41) is 6.48. The van der Waals surface area contributed by atoms with Crippen molar-refractivity contribution in [2.75, 3.05) is 12.4 Å². The van der Waals surface area contributed by atoms with E-state index in [0.29, 0.717) is 29.7 Å². The predicted octanol–water partition coefficient (Wildman–Crippen LogP) is 2.76. The maximum absolute atomic E-state index is 11.8.